The van der Waals surface area contributed by atoms with E-state index in [0.717, 1.165) is 5.52 Å². The van der Waals surface area contributed by atoms with Gasteiger partial charge in [0, 0.05) is 18.8 Å². The van der Waals surface area contributed by atoms with Crippen molar-refractivity contribution in [2.75, 3.05) is 7.11 Å². The van der Waals surface area contributed by atoms with Gasteiger partial charge in [0.1, 0.15) is 11.6 Å². The Morgan fingerprint density at radius 1 is 1.33 bits per heavy atom. The van der Waals surface area contributed by atoms with E-state index in [0.29, 0.717) is 17.0 Å². The van der Waals surface area contributed by atoms with Crippen LogP contribution in [-0.2, 0) is 11.8 Å². The summed E-state index contributed by atoms with van der Waals surface area (Å²) in [7, 11) is 3.05. The largest absolute Gasteiger partial charge is 0.465 e. The lowest BCUT2D eigenvalue weighted by atomic mass is 10.1. The number of pyridine rings is 1. The molecule has 3 aromatic rings. The number of carbonyl (C=O) groups excluding carboxylic acids is 1. The number of imidazole rings is 1. The maximum absolute atomic E-state index is 14.0. The molecule has 0 aliphatic carbocycles. The second-order valence-corrected chi connectivity index (χ2v) is 4.53. The molecule has 1 aromatic carbocycles. The van der Waals surface area contributed by atoms with Gasteiger partial charge in [-0.2, -0.15) is 0 Å². The van der Waals surface area contributed by atoms with Crippen molar-refractivity contribution in [2.45, 2.75) is 0 Å². The summed E-state index contributed by atoms with van der Waals surface area (Å²) in [6.07, 6.45) is 1.65. The number of esters is 1. The Bertz CT molecular complexity index is 842. The summed E-state index contributed by atoms with van der Waals surface area (Å²) in [5, 5.41) is 0. The zero-order valence-electron chi connectivity index (χ0n) is 11.5. The summed E-state index contributed by atoms with van der Waals surface area (Å²) >= 11 is 0. The molecule has 0 unspecified atom stereocenters. The van der Waals surface area contributed by atoms with Crippen LogP contribution in [0.3, 0.4) is 0 Å². The van der Waals surface area contributed by atoms with Crippen LogP contribution in [0.15, 0.2) is 36.5 Å². The van der Waals surface area contributed by atoms with Gasteiger partial charge >= 0.3 is 5.97 Å². The third-order valence-corrected chi connectivity index (χ3v) is 3.29. The summed E-state index contributed by atoms with van der Waals surface area (Å²) in [6, 6.07) is 8.00. The Balaban J connectivity index is 2.13. The number of rotatable bonds is 2. The Morgan fingerprint density at radius 2 is 2.14 bits per heavy atom. The molecule has 106 valence electrons. The number of fused-ring (bicyclic) bond motifs is 1. The van der Waals surface area contributed by atoms with E-state index in [4.69, 9.17) is 0 Å². The molecule has 2 aromatic heterocycles. The number of benzene rings is 1. The van der Waals surface area contributed by atoms with Crippen molar-refractivity contribution in [1.29, 1.82) is 0 Å². The van der Waals surface area contributed by atoms with Crippen LogP contribution in [0.5, 0.6) is 0 Å². The molecule has 0 bridgehead atoms. The first-order valence-electron chi connectivity index (χ1n) is 6.27. The van der Waals surface area contributed by atoms with E-state index in [9.17, 15) is 9.18 Å². The predicted molar refractivity (Wildman–Crippen MR) is 75.2 cm³/mol. The average Bonchev–Trinajstić information content (AvgIpc) is 2.84. The van der Waals surface area contributed by atoms with Gasteiger partial charge in [0.25, 0.3) is 0 Å². The molecule has 2 heterocycles. The standard InChI is InChI=1S/C15H12FN3O2/c1-19-12-4-3-7-17-13(12)18-14(19)9-5-6-10(11(16)8-9)15(20)21-2/h3-8H,1-2H3. The third-order valence-electron chi connectivity index (χ3n) is 3.29. The van der Waals surface area contributed by atoms with Gasteiger partial charge in [-0.1, -0.05) is 6.07 Å². The minimum Gasteiger partial charge on any atom is -0.465 e. The lowest BCUT2D eigenvalue weighted by Gasteiger charge is -2.05. The summed E-state index contributed by atoms with van der Waals surface area (Å²) in [6.45, 7) is 0. The van der Waals surface area contributed by atoms with Crippen molar-refractivity contribution in [3.8, 4) is 11.4 Å². The maximum Gasteiger partial charge on any atom is 0.340 e. The lowest BCUT2D eigenvalue weighted by molar-refractivity contribution is 0.0595. The van der Waals surface area contributed by atoms with Gasteiger partial charge in [-0.05, 0) is 24.3 Å². The summed E-state index contributed by atoms with van der Waals surface area (Å²) in [5.74, 6) is -0.760. The molecule has 0 N–H and O–H groups in total. The number of hydrogen-bond donors (Lipinski definition) is 0. The smallest absolute Gasteiger partial charge is 0.340 e. The second-order valence-electron chi connectivity index (χ2n) is 4.53. The van der Waals surface area contributed by atoms with Crippen molar-refractivity contribution < 1.29 is 13.9 Å². The van der Waals surface area contributed by atoms with Crippen LogP contribution in [0, 0.1) is 5.82 Å². The normalized spacial score (nSPS) is 10.8. The van der Waals surface area contributed by atoms with Gasteiger partial charge in [0.2, 0.25) is 0 Å². The topological polar surface area (TPSA) is 57.0 Å². The van der Waals surface area contributed by atoms with E-state index >= 15 is 0 Å². The molecule has 0 atom stereocenters. The molecule has 0 spiro atoms. The second kappa shape index (κ2) is 4.97. The van der Waals surface area contributed by atoms with Crippen molar-refractivity contribution in [3.05, 3.63) is 47.9 Å². The quantitative estimate of drug-likeness (QED) is 0.679. The lowest BCUT2D eigenvalue weighted by Crippen LogP contribution is -2.04. The number of aryl methyl sites for hydroxylation is 1. The zero-order valence-corrected chi connectivity index (χ0v) is 11.5. The third kappa shape index (κ3) is 2.14. The molecular weight excluding hydrogens is 273 g/mol. The molecule has 0 saturated heterocycles. The van der Waals surface area contributed by atoms with Crippen molar-refractivity contribution in [1.82, 2.24) is 14.5 Å². The summed E-state index contributed by atoms with van der Waals surface area (Å²) in [4.78, 5) is 20.0. The highest BCUT2D eigenvalue weighted by molar-refractivity contribution is 5.90. The SMILES string of the molecule is COC(=O)c1ccc(-c2nc3ncccc3n2C)cc1F. The monoisotopic (exact) mass is 285 g/mol. The maximum atomic E-state index is 14.0. The molecule has 21 heavy (non-hydrogen) atoms. The first kappa shape index (κ1) is 13.2. The first-order valence-corrected chi connectivity index (χ1v) is 6.27. The summed E-state index contributed by atoms with van der Waals surface area (Å²) < 4.78 is 20.4. The van der Waals surface area contributed by atoms with Crippen molar-refractivity contribution in [2.24, 2.45) is 7.05 Å². The average molecular weight is 285 g/mol. The fourth-order valence-electron chi connectivity index (χ4n) is 2.21. The van der Waals surface area contributed by atoms with Gasteiger partial charge in [0.05, 0.1) is 18.2 Å². The van der Waals surface area contributed by atoms with E-state index in [1.165, 1.54) is 19.2 Å². The molecule has 3 rings (SSSR count). The van der Waals surface area contributed by atoms with Crippen LogP contribution in [0.1, 0.15) is 10.4 Å². The highest BCUT2D eigenvalue weighted by Crippen LogP contribution is 2.24. The fourth-order valence-corrected chi connectivity index (χ4v) is 2.21. The van der Waals surface area contributed by atoms with Gasteiger partial charge in [0.15, 0.2) is 5.65 Å². The molecule has 0 aliphatic rings. The van der Waals surface area contributed by atoms with Crippen LogP contribution in [-0.4, -0.2) is 27.6 Å². The van der Waals surface area contributed by atoms with Crippen LogP contribution >= 0.6 is 0 Å². The Labute approximate surface area is 120 Å². The van der Waals surface area contributed by atoms with Gasteiger partial charge in [-0.25, -0.2) is 19.2 Å². The molecule has 0 radical (unpaired) electrons. The van der Waals surface area contributed by atoms with Crippen molar-refractivity contribution >= 4 is 17.1 Å². The predicted octanol–water partition coefficient (Wildman–Crippen LogP) is 2.56. The first-order chi connectivity index (χ1) is 10.1. The number of halogens is 1. The number of ether oxygens (including phenoxy) is 1. The van der Waals surface area contributed by atoms with Crippen LogP contribution in [0.2, 0.25) is 0 Å². The molecular formula is C15H12FN3O2. The van der Waals surface area contributed by atoms with E-state index < -0.39 is 11.8 Å². The Hall–Kier alpha value is -2.76. The number of methoxy groups -OCH3 is 1. The van der Waals surface area contributed by atoms with Crippen LogP contribution in [0.25, 0.3) is 22.6 Å². The van der Waals surface area contributed by atoms with Crippen molar-refractivity contribution in [3.63, 3.8) is 0 Å². The molecule has 0 amide bonds. The highest BCUT2D eigenvalue weighted by Gasteiger charge is 2.16. The van der Waals surface area contributed by atoms with Gasteiger partial charge < -0.3 is 9.30 Å². The number of carbonyl (C=O) groups is 1. The van der Waals surface area contributed by atoms with E-state index in [-0.39, 0.29) is 5.56 Å². The zero-order chi connectivity index (χ0) is 15.0. The molecule has 0 fully saturated rings. The van der Waals surface area contributed by atoms with Gasteiger partial charge in [-0.15, -0.1) is 0 Å². The summed E-state index contributed by atoms with van der Waals surface area (Å²) in [5.41, 5.74) is 1.91. The van der Waals surface area contributed by atoms with Crippen LogP contribution < -0.4 is 0 Å². The highest BCUT2D eigenvalue weighted by atomic mass is 19.1. The number of aromatic nitrogens is 3. The number of hydrogen-bond acceptors (Lipinski definition) is 4. The minimum atomic E-state index is -0.703. The Kier molecular flexibility index (Phi) is 3.13. The minimum absolute atomic E-state index is 0.0989. The molecule has 0 saturated carbocycles. The van der Waals surface area contributed by atoms with Gasteiger partial charge in [-0.3, -0.25) is 0 Å². The van der Waals surface area contributed by atoms with E-state index in [1.54, 1.807) is 12.3 Å². The Morgan fingerprint density at radius 3 is 2.81 bits per heavy atom. The van der Waals surface area contributed by atoms with E-state index in [2.05, 4.69) is 14.7 Å². The molecule has 6 heteroatoms. The molecule has 5 nitrogen and oxygen atoms in total. The molecule has 0 aliphatic heterocycles. The fraction of sp³-hybridized carbons (Fsp3) is 0.133. The van der Waals surface area contributed by atoms with Crippen LogP contribution in [0.4, 0.5) is 4.39 Å². The van der Waals surface area contributed by atoms with E-state index in [1.807, 2.05) is 23.7 Å². The number of nitrogens with zero attached hydrogens (tertiary/aromatic N) is 3.